The van der Waals surface area contributed by atoms with Crippen LogP contribution in [0.1, 0.15) is 43.9 Å². The van der Waals surface area contributed by atoms with Gasteiger partial charge in [0, 0.05) is 32.1 Å². The summed E-state index contributed by atoms with van der Waals surface area (Å²) in [5.41, 5.74) is 6.06. The minimum Gasteiger partial charge on any atom is -0.338 e. The number of unbranched alkanes of at least 4 members (excludes halogenated alkanes) is 1. The molecule has 0 saturated carbocycles. The van der Waals surface area contributed by atoms with Gasteiger partial charge < -0.3 is 20.1 Å². The first-order valence-corrected chi connectivity index (χ1v) is 7.57. The van der Waals surface area contributed by atoms with E-state index in [-0.39, 0.29) is 6.04 Å². The molecular weight excluding hydrogens is 254 g/mol. The summed E-state index contributed by atoms with van der Waals surface area (Å²) in [7, 11) is 4.31. The number of aromatic nitrogens is 2. The zero-order chi connectivity index (χ0) is 14.5. The van der Waals surface area contributed by atoms with Crippen LogP contribution in [-0.4, -0.2) is 59.7 Å². The molecule has 1 unspecified atom stereocenters. The van der Waals surface area contributed by atoms with Crippen molar-refractivity contribution in [3.63, 3.8) is 0 Å². The van der Waals surface area contributed by atoms with E-state index in [9.17, 15) is 0 Å². The summed E-state index contributed by atoms with van der Waals surface area (Å²) in [4.78, 5) is 9.18. The lowest BCUT2D eigenvalue weighted by atomic mass is 10.1. The molecule has 0 aromatic carbocycles. The first-order chi connectivity index (χ1) is 9.60. The molecule has 1 aliphatic rings. The molecule has 0 bridgehead atoms. The van der Waals surface area contributed by atoms with Gasteiger partial charge in [0.2, 0.25) is 5.89 Å². The Morgan fingerprint density at radius 3 is 2.95 bits per heavy atom. The van der Waals surface area contributed by atoms with Crippen molar-refractivity contribution in [3.05, 3.63) is 11.7 Å². The molecule has 1 saturated heterocycles. The van der Waals surface area contributed by atoms with Crippen LogP contribution in [0.3, 0.4) is 0 Å². The highest BCUT2D eigenvalue weighted by Crippen LogP contribution is 2.16. The molecule has 2 atom stereocenters. The van der Waals surface area contributed by atoms with E-state index in [0.29, 0.717) is 11.9 Å². The monoisotopic (exact) mass is 281 g/mol. The fraction of sp³-hybridized carbons (Fsp3) is 0.857. The highest BCUT2D eigenvalue weighted by atomic mass is 16.5. The minimum absolute atomic E-state index is 0.122. The topological polar surface area (TPSA) is 71.4 Å². The van der Waals surface area contributed by atoms with Crippen molar-refractivity contribution >= 4 is 0 Å². The molecule has 1 aromatic heterocycles. The van der Waals surface area contributed by atoms with E-state index in [0.717, 1.165) is 51.1 Å². The van der Waals surface area contributed by atoms with Crippen molar-refractivity contribution in [2.24, 2.45) is 5.73 Å². The van der Waals surface area contributed by atoms with Gasteiger partial charge in [-0.1, -0.05) is 24.9 Å². The molecule has 6 nitrogen and oxygen atoms in total. The molecular formula is C14H27N5O. The van der Waals surface area contributed by atoms with Crippen molar-refractivity contribution in [1.82, 2.24) is 19.9 Å². The Balaban J connectivity index is 1.91. The first-order valence-electron chi connectivity index (χ1n) is 7.57. The van der Waals surface area contributed by atoms with Gasteiger partial charge in [-0.2, -0.15) is 4.98 Å². The number of likely N-dealkylation sites (N-methyl/N-ethyl adjacent to an activating group) is 2. The predicted octanol–water partition coefficient (Wildman–Crippen LogP) is 1.05. The van der Waals surface area contributed by atoms with Gasteiger partial charge in [0.25, 0.3) is 0 Å². The van der Waals surface area contributed by atoms with Gasteiger partial charge in [0.05, 0.1) is 6.04 Å². The van der Waals surface area contributed by atoms with E-state index in [4.69, 9.17) is 10.3 Å². The third kappa shape index (κ3) is 4.01. The highest BCUT2D eigenvalue weighted by molar-refractivity contribution is 4.95. The highest BCUT2D eigenvalue weighted by Gasteiger charge is 2.24. The number of rotatable bonds is 6. The van der Waals surface area contributed by atoms with E-state index >= 15 is 0 Å². The minimum atomic E-state index is -0.122. The Morgan fingerprint density at radius 2 is 2.20 bits per heavy atom. The molecule has 0 aliphatic carbocycles. The molecule has 1 fully saturated rings. The van der Waals surface area contributed by atoms with Gasteiger partial charge in [-0.25, -0.2) is 0 Å². The Bertz CT molecular complexity index is 408. The third-order valence-electron chi connectivity index (χ3n) is 4.07. The Morgan fingerprint density at radius 1 is 1.40 bits per heavy atom. The zero-order valence-corrected chi connectivity index (χ0v) is 12.9. The number of hydrogen-bond acceptors (Lipinski definition) is 6. The Hall–Kier alpha value is -0.980. The van der Waals surface area contributed by atoms with E-state index in [1.165, 1.54) is 0 Å². The smallest absolute Gasteiger partial charge is 0.243 e. The van der Waals surface area contributed by atoms with Crippen LogP contribution in [0.2, 0.25) is 0 Å². The van der Waals surface area contributed by atoms with Crippen molar-refractivity contribution in [2.75, 3.05) is 33.7 Å². The summed E-state index contributed by atoms with van der Waals surface area (Å²) in [6, 6.07) is 0.328. The van der Waals surface area contributed by atoms with Crippen molar-refractivity contribution in [1.29, 1.82) is 0 Å². The second-order valence-electron chi connectivity index (χ2n) is 5.90. The van der Waals surface area contributed by atoms with E-state index in [2.05, 4.69) is 41.0 Å². The summed E-state index contributed by atoms with van der Waals surface area (Å²) < 4.78 is 5.31. The Kier molecular flexibility index (Phi) is 5.51. The second kappa shape index (κ2) is 7.15. The summed E-state index contributed by atoms with van der Waals surface area (Å²) in [5.74, 6) is 1.36. The van der Waals surface area contributed by atoms with Crippen molar-refractivity contribution in [2.45, 2.75) is 44.7 Å². The summed E-state index contributed by atoms with van der Waals surface area (Å²) in [5, 5.41) is 4.09. The van der Waals surface area contributed by atoms with Crippen LogP contribution < -0.4 is 5.73 Å². The fourth-order valence-electron chi connectivity index (χ4n) is 2.58. The van der Waals surface area contributed by atoms with Crippen LogP contribution in [0.15, 0.2) is 4.52 Å². The number of hydrogen-bond donors (Lipinski definition) is 1. The molecule has 2 heterocycles. The lowest BCUT2D eigenvalue weighted by Gasteiger charge is -2.37. The predicted molar refractivity (Wildman–Crippen MR) is 78.4 cm³/mol. The van der Waals surface area contributed by atoms with Crippen LogP contribution >= 0.6 is 0 Å². The lowest BCUT2D eigenvalue weighted by Crippen LogP contribution is -2.50. The molecule has 0 amide bonds. The third-order valence-corrected chi connectivity index (χ3v) is 4.07. The van der Waals surface area contributed by atoms with Crippen LogP contribution in [0.4, 0.5) is 0 Å². The maximum Gasteiger partial charge on any atom is 0.243 e. The first kappa shape index (κ1) is 15.4. The molecule has 1 aliphatic heterocycles. The van der Waals surface area contributed by atoms with Crippen LogP contribution in [0.25, 0.3) is 0 Å². The van der Waals surface area contributed by atoms with Crippen LogP contribution in [0.5, 0.6) is 0 Å². The second-order valence-corrected chi connectivity index (χ2v) is 5.90. The Labute approximate surface area is 121 Å². The fourth-order valence-corrected chi connectivity index (χ4v) is 2.58. The largest absolute Gasteiger partial charge is 0.338 e. The van der Waals surface area contributed by atoms with Gasteiger partial charge >= 0.3 is 0 Å². The molecule has 114 valence electrons. The lowest BCUT2D eigenvalue weighted by molar-refractivity contribution is 0.113. The van der Waals surface area contributed by atoms with Gasteiger partial charge in [0.1, 0.15) is 0 Å². The molecule has 1 aromatic rings. The van der Waals surface area contributed by atoms with Gasteiger partial charge in [-0.05, 0) is 20.5 Å². The van der Waals surface area contributed by atoms with Crippen LogP contribution in [-0.2, 0) is 6.42 Å². The quantitative estimate of drug-likeness (QED) is 0.840. The van der Waals surface area contributed by atoms with E-state index < -0.39 is 0 Å². The number of nitrogens with two attached hydrogens (primary N) is 1. The molecule has 0 radical (unpaired) electrons. The molecule has 2 N–H and O–H groups in total. The van der Waals surface area contributed by atoms with Crippen molar-refractivity contribution in [3.8, 4) is 0 Å². The zero-order valence-electron chi connectivity index (χ0n) is 12.9. The normalized spacial score (nSPS) is 23.1. The summed E-state index contributed by atoms with van der Waals surface area (Å²) in [6.07, 6.45) is 3.96. The molecule has 0 spiro atoms. The van der Waals surface area contributed by atoms with E-state index in [1.807, 2.05) is 0 Å². The molecule has 6 heteroatoms. The number of piperazine rings is 1. The summed E-state index contributed by atoms with van der Waals surface area (Å²) in [6.45, 7) is 5.40. The van der Waals surface area contributed by atoms with E-state index in [1.54, 1.807) is 0 Å². The molecule has 20 heavy (non-hydrogen) atoms. The SMILES string of the molecule is CCCC[C@H](N)c1nc(CC2CN(C)CCN2C)no1. The van der Waals surface area contributed by atoms with Gasteiger partial charge in [-0.15, -0.1) is 0 Å². The summed E-state index contributed by atoms with van der Waals surface area (Å²) >= 11 is 0. The van der Waals surface area contributed by atoms with Gasteiger partial charge in [0.15, 0.2) is 5.82 Å². The average molecular weight is 281 g/mol. The standard InChI is InChI=1S/C14H27N5O/c1-4-5-6-12(15)14-16-13(17-20-14)9-11-10-18(2)7-8-19(11)3/h11-12H,4-10,15H2,1-3H3/t11?,12-/m0/s1. The van der Waals surface area contributed by atoms with Crippen LogP contribution in [0, 0.1) is 0 Å². The van der Waals surface area contributed by atoms with Gasteiger partial charge in [-0.3, -0.25) is 0 Å². The van der Waals surface area contributed by atoms with Crippen molar-refractivity contribution < 1.29 is 4.52 Å². The molecule has 2 rings (SSSR count). The average Bonchev–Trinajstić information content (AvgIpc) is 2.89. The number of nitrogens with zero attached hydrogens (tertiary/aromatic N) is 4. The maximum atomic E-state index is 6.06. The maximum absolute atomic E-state index is 6.06.